The number of nitrogen functional groups attached to an aromatic ring is 1. The van der Waals surface area contributed by atoms with E-state index < -0.39 is 22.2 Å². The molecule has 0 aromatic heterocycles. The van der Waals surface area contributed by atoms with Gasteiger partial charge in [-0.3, -0.25) is 14.4 Å². The van der Waals surface area contributed by atoms with Gasteiger partial charge in [-0.25, -0.2) is 8.42 Å². The molecule has 1 aliphatic heterocycles. The highest BCUT2D eigenvalue weighted by Gasteiger charge is 2.33. The first kappa shape index (κ1) is 39.1. The highest BCUT2D eigenvalue weighted by Crippen LogP contribution is 2.30. The van der Waals surface area contributed by atoms with Gasteiger partial charge in [0.05, 0.1) is 49.0 Å². The summed E-state index contributed by atoms with van der Waals surface area (Å²) in [7, 11) is -0.898. The number of nitrogens with zero attached hydrogens (tertiary/aromatic N) is 2. The van der Waals surface area contributed by atoms with E-state index in [-0.39, 0.29) is 61.1 Å². The Morgan fingerprint density at radius 1 is 1.04 bits per heavy atom. The largest absolute Gasteiger partial charge is 0.497 e. The van der Waals surface area contributed by atoms with Crippen LogP contribution < -0.4 is 25.8 Å². The lowest BCUT2D eigenvalue weighted by Gasteiger charge is -2.33. The SMILES string of the molecule is COc1ccc(S(=O)(=O)N(C)C[C@H]2Oc3ccc(NC(=O)CCCCCC(=O)Nc4ccccc4N)cc3CC(=O)N([C@@H](C)CO)C[C@H]2C)cc1. The predicted octanol–water partition coefficient (Wildman–Crippen LogP) is 4.27. The van der Waals surface area contributed by atoms with Gasteiger partial charge in [-0.1, -0.05) is 25.5 Å². The molecule has 4 rings (SSSR count). The van der Waals surface area contributed by atoms with Crippen LogP contribution in [0.25, 0.3) is 0 Å². The molecule has 0 radical (unpaired) electrons. The summed E-state index contributed by atoms with van der Waals surface area (Å²) in [6, 6.07) is 17.8. The molecule has 13 nitrogen and oxygen atoms in total. The fourth-order valence-corrected chi connectivity index (χ4v) is 6.98. The number of methoxy groups -OCH3 is 1. The van der Waals surface area contributed by atoms with Gasteiger partial charge in [-0.2, -0.15) is 4.31 Å². The van der Waals surface area contributed by atoms with E-state index in [4.69, 9.17) is 15.2 Å². The number of hydrogen-bond acceptors (Lipinski definition) is 9. The molecule has 0 bridgehead atoms. The Morgan fingerprint density at radius 3 is 2.35 bits per heavy atom. The van der Waals surface area contributed by atoms with E-state index in [1.54, 1.807) is 66.4 Å². The fourth-order valence-electron chi connectivity index (χ4n) is 5.80. The first-order valence-corrected chi connectivity index (χ1v) is 18.5. The Balaban J connectivity index is 1.42. The van der Waals surface area contributed by atoms with Gasteiger partial charge in [0.2, 0.25) is 27.7 Å². The van der Waals surface area contributed by atoms with Crippen molar-refractivity contribution < 1.29 is 37.4 Å². The lowest BCUT2D eigenvalue weighted by molar-refractivity contribution is -0.134. The van der Waals surface area contributed by atoms with Crippen molar-refractivity contribution in [2.45, 2.75) is 69.4 Å². The third-order valence-electron chi connectivity index (χ3n) is 8.95. The highest BCUT2D eigenvalue weighted by atomic mass is 32.2. The molecule has 0 saturated carbocycles. The lowest BCUT2D eigenvalue weighted by Crippen LogP contribution is -2.48. The number of aliphatic hydroxyl groups excluding tert-OH is 1. The van der Waals surface area contributed by atoms with Crippen molar-refractivity contribution in [1.82, 2.24) is 9.21 Å². The number of para-hydroxylation sites is 2. The zero-order chi connectivity index (χ0) is 37.1. The van der Waals surface area contributed by atoms with Crippen molar-refractivity contribution >= 4 is 44.8 Å². The van der Waals surface area contributed by atoms with E-state index >= 15 is 0 Å². The number of likely N-dealkylation sites (N-methyl/N-ethyl adjacent to an activating group) is 1. The minimum absolute atomic E-state index is 0.00896. The molecule has 0 saturated heterocycles. The van der Waals surface area contributed by atoms with Gasteiger partial charge in [0.15, 0.2) is 0 Å². The minimum atomic E-state index is -3.88. The van der Waals surface area contributed by atoms with E-state index in [9.17, 15) is 27.9 Å². The lowest BCUT2D eigenvalue weighted by atomic mass is 10.0. The summed E-state index contributed by atoms with van der Waals surface area (Å²) in [4.78, 5) is 40.4. The molecule has 0 spiro atoms. The Hall–Kier alpha value is -4.66. The van der Waals surface area contributed by atoms with Crippen LogP contribution in [0.2, 0.25) is 0 Å². The van der Waals surface area contributed by atoms with Crippen molar-refractivity contribution in [3.05, 3.63) is 72.3 Å². The number of amides is 3. The molecule has 0 aliphatic carbocycles. The molecule has 0 fully saturated rings. The van der Waals surface area contributed by atoms with Crippen molar-refractivity contribution in [2.75, 3.05) is 50.2 Å². The van der Waals surface area contributed by atoms with E-state index in [0.717, 1.165) is 0 Å². The molecule has 1 heterocycles. The predicted molar refractivity (Wildman–Crippen MR) is 196 cm³/mol. The normalized spacial score (nSPS) is 17.0. The Kier molecular flexibility index (Phi) is 13.8. The quantitative estimate of drug-likeness (QED) is 0.132. The molecular weight excluding hydrogens is 675 g/mol. The number of rotatable bonds is 15. The summed E-state index contributed by atoms with van der Waals surface area (Å²) in [6.07, 6.45) is 1.73. The van der Waals surface area contributed by atoms with Gasteiger partial charge in [0.25, 0.3) is 0 Å². The Morgan fingerprint density at radius 2 is 1.71 bits per heavy atom. The van der Waals surface area contributed by atoms with E-state index in [1.807, 2.05) is 6.92 Å². The monoisotopic (exact) mass is 723 g/mol. The minimum Gasteiger partial charge on any atom is -0.497 e. The molecule has 3 aromatic rings. The van der Waals surface area contributed by atoms with E-state index in [2.05, 4.69) is 10.6 Å². The maximum absolute atomic E-state index is 13.6. The molecular formula is C37H49N5O8S. The maximum Gasteiger partial charge on any atom is 0.242 e. The number of ether oxygens (including phenoxy) is 2. The zero-order valence-corrected chi connectivity index (χ0v) is 30.4. The van der Waals surface area contributed by atoms with Crippen LogP contribution in [0.3, 0.4) is 0 Å². The molecule has 276 valence electrons. The number of anilines is 3. The van der Waals surface area contributed by atoms with Crippen molar-refractivity contribution in [2.24, 2.45) is 5.92 Å². The van der Waals surface area contributed by atoms with Gasteiger partial charge < -0.3 is 35.8 Å². The molecule has 14 heteroatoms. The molecule has 5 N–H and O–H groups in total. The smallest absolute Gasteiger partial charge is 0.242 e. The van der Waals surface area contributed by atoms with Crippen LogP contribution in [-0.4, -0.2) is 86.5 Å². The summed E-state index contributed by atoms with van der Waals surface area (Å²) in [5.41, 5.74) is 7.97. The number of carbonyl (C=O) groups excluding carboxylic acids is 3. The molecule has 3 amide bonds. The van der Waals surface area contributed by atoms with Gasteiger partial charge in [0.1, 0.15) is 17.6 Å². The van der Waals surface area contributed by atoms with Gasteiger partial charge >= 0.3 is 0 Å². The summed E-state index contributed by atoms with van der Waals surface area (Å²) in [5.74, 6) is 0.0494. The van der Waals surface area contributed by atoms with Crippen LogP contribution >= 0.6 is 0 Å². The van der Waals surface area contributed by atoms with Crippen LogP contribution in [0.15, 0.2) is 71.6 Å². The van der Waals surface area contributed by atoms with Crippen LogP contribution in [0.4, 0.5) is 17.1 Å². The number of nitrogens with one attached hydrogen (secondary N) is 2. The summed E-state index contributed by atoms with van der Waals surface area (Å²) < 4.78 is 39.8. The number of nitrogens with two attached hydrogens (primary N) is 1. The second-order valence-corrected chi connectivity index (χ2v) is 15.0. The zero-order valence-electron chi connectivity index (χ0n) is 29.6. The number of unbranched alkanes of at least 4 members (excludes halogenated alkanes) is 2. The number of sulfonamides is 1. The van der Waals surface area contributed by atoms with Gasteiger partial charge in [-0.05, 0) is 74.4 Å². The third-order valence-corrected chi connectivity index (χ3v) is 10.8. The van der Waals surface area contributed by atoms with Crippen molar-refractivity contribution in [1.29, 1.82) is 0 Å². The van der Waals surface area contributed by atoms with Crippen LogP contribution in [0, 0.1) is 5.92 Å². The average molecular weight is 724 g/mol. The van der Waals surface area contributed by atoms with Crippen molar-refractivity contribution in [3.8, 4) is 11.5 Å². The molecule has 3 atom stereocenters. The number of fused-ring (bicyclic) bond motifs is 1. The second-order valence-electron chi connectivity index (χ2n) is 12.9. The van der Waals surface area contributed by atoms with Crippen LogP contribution in [0.5, 0.6) is 11.5 Å². The Labute approximate surface area is 300 Å². The maximum atomic E-state index is 13.6. The molecule has 51 heavy (non-hydrogen) atoms. The van der Waals surface area contributed by atoms with Crippen LogP contribution in [-0.2, 0) is 30.8 Å². The van der Waals surface area contributed by atoms with Gasteiger partial charge in [-0.15, -0.1) is 0 Å². The number of aliphatic hydroxyl groups is 1. The molecule has 0 unspecified atom stereocenters. The van der Waals surface area contributed by atoms with Crippen LogP contribution in [0.1, 0.15) is 51.5 Å². The summed E-state index contributed by atoms with van der Waals surface area (Å²) in [6.45, 7) is 3.62. The number of hydrogen-bond donors (Lipinski definition) is 4. The fraction of sp³-hybridized carbons (Fsp3) is 0.432. The second kappa shape index (κ2) is 18.0. The standard InChI is InChI=1S/C37H49N5O8S/c1-25-22-42(26(2)24-43)37(46)21-27-20-28(39-35(44)12-6-5-7-13-36(45)40-32-11-9-8-10-31(32)38)14-19-33(27)50-34(25)23-41(3)51(47,48)30-17-15-29(49-4)16-18-30/h8-11,14-20,25-26,34,43H,5-7,12-13,21-24,38H2,1-4H3,(H,39,44)(H,40,45)/t25-,26+,34-/m1/s1. The summed E-state index contributed by atoms with van der Waals surface area (Å²) in [5, 5.41) is 15.6. The van der Waals surface area contributed by atoms with Gasteiger partial charge in [0, 0.05) is 43.6 Å². The number of benzene rings is 3. The number of carbonyl (C=O) groups is 3. The summed E-state index contributed by atoms with van der Waals surface area (Å²) >= 11 is 0. The highest BCUT2D eigenvalue weighted by molar-refractivity contribution is 7.89. The third kappa shape index (κ3) is 10.7. The first-order valence-electron chi connectivity index (χ1n) is 17.1. The molecule has 1 aliphatic rings. The van der Waals surface area contributed by atoms with E-state index in [1.165, 1.54) is 30.6 Å². The molecule has 3 aromatic carbocycles. The topological polar surface area (TPSA) is 181 Å². The average Bonchev–Trinajstić information content (AvgIpc) is 3.15. The Bertz CT molecular complexity index is 1770. The first-order chi connectivity index (χ1) is 24.3. The van der Waals surface area contributed by atoms with E-state index in [0.29, 0.717) is 59.8 Å². The van der Waals surface area contributed by atoms with Crippen molar-refractivity contribution in [3.63, 3.8) is 0 Å².